The van der Waals surface area contributed by atoms with E-state index in [4.69, 9.17) is 15.7 Å². The van der Waals surface area contributed by atoms with E-state index < -0.39 is 6.03 Å². The SMILES string of the molecule is Nc1ncccc1-c1nc2ccc(-c3ccccc3)nc2n1-c1ccc(C2(NCc3ccc4c(c3)CN(N3CCC(=O)NC3=O)C4=O)CCC2)cc1. The lowest BCUT2D eigenvalue weighted by atomic mass is 9.71. The number of carbonyl (C=O) groups excluding carboxylic acids is 3. The molecule has 2 aliphatic heterocycles. The van der Waals surface area contributed by atoms with Crippen LogP contribution in [-0.4, -0.2) is 53.9 Å². The average molecular weight is 690 g/mol. The number of rotatable bonds is 8. The minimum atomic E-state index is -0.566. The van der Waals surface area contributed by atoms with E-state index >= 15 is 0 Å². The van der Waals surface area contributed by atoms with Crippen molar-refractivity contribution in [3.8, 4) is 28.3 Å². The summed E-state index contributed by atoms with van der Waals surface area (Å²) in [5.41, 5.74) is 14.9. The summed E-state index contributed by atoms with van der Waals surface area (Å²) in [7, 11) is 0. The van der Waals surface area contributed by atoms with Gasteiger partial charge >= 0.3 is 6.03 Å². The van der Waals surface area contributed by atoms with Crippen molar-refractivity contribution in [2.24, 2.45) is 0 Å². The van der Waals surface area contributed by atoms with Crippen LogP contribution in [0.15, 0.2) is 103 Å². The van der Waals surface area contributed by atoms with E-state index in [2.05, 4.69) is 44.5 Å². The molecular formula is C40H35N9O3. The van der Waals surface area contributed by atoms with Crippen LogP contribution >= 0.6 is 0 Å². The van der Waals surface area contributed by atoms with E-state index in [0.29, 0.717) is 23.8 Å². The Labute approximate surface area is 299 Å². The number of amides is 4. The van der Waals surface area contributed by atoms with Gasteiger partial charge in [-0.05, 0) is 78.4 Å². The molecule has 2 fully saturated rings. The molecule has 52 heavy (non-hydrogen) atoms. The fourth-order valence-corrected chi connectivity index (χ4v) is 7.51. The standard InChI is InChI=1S/C40H35N9O3/c41-35-31(8-4-20-42-35)36-45-33-16-15-32(26-6-2-1-3-7-26)44-37(33)49(36)29-12-10-28(11-13-29)40(18-5-19-40)43-23-25-9-14-30-27(22-25)24-48(38(30)51)47-21-17-34(50)46-39(47)52/h1-4,6-16,20,22,43H,5,17-19,21,23-24H2,(H2,41,42)(H,46,50,52). The molecule has 0 bridgehead atoms. The lowest BCUT2D eigenvalue weighted by Crippen LogP contribution is -2.56. The van der Waals surface area contributed by atoms with Crippen molar-refractivity contribution in [3.63, 3.8) is 0 Å². The fraction of sp³-hybridized carbons (Fsp3) is 0.200. The lowest BCUT2D eigenvalue weighted by molar-refractivity contribution is -0.123. The van der Waals surface area contributed by atoms with Crippen molar-refractivity contribution in [1.29, 1.82) is 0 Å². The number of anilines is 1. The number of hydrogen-bond donors (Lipinski definition) is 3. The van der Waals surface area contributed by atoms with Gasteiger partial charge in [0.2, 0.25) is 5.91 Å². The van der Waals surface area contributed by atoms with E-state index in [1.54, 1.807) is 6.20 Å². The zero-order valence-corrected chi connectivity index (χ0v) is 28.3. The van der Waals surface area contributed by atoms with Gasteiger partial charge in [-0.2, -0.15) is 0 Å². The summed E-state index contributed by atoms with van der Waals surface area (Å²) in [6, 6.07) is 31.7. The van der Waals surface area contributed by atoms with Gasteiger partial charge in [0, 0.05) is 41.5 Å². The summed E-state index contributed by atoms with van der Waals surface area (Å²) >= 11 is 0. The first kappa shape index (κ1) is 31.6. The summed E-state index contributed by atoms with van der Waals surface area (Å²) < 4.78 is 2.06. The summed E-state index contributed by atoms with van der Waals surface area (Å²) in [5.74, 6) is 0.503. The highest BCUT2D eigenvalue weighted by atomic mass is 16.2. The first-order chi connectivity index (χ1) is 25.4. The maximum Gasteiger partial charge on any atom is 0.342 e. The van der Waals surface area contributed by atoms with Gasteiger partial charge in [-0.15, -0.1) is 0 Å². The molecule has 0 unspecified atom stereocenters. The minimum Gasteiger partial charge on any atom is -0.383 e. The van der Waals surface area contributed by atoms with Crippen LogP contribution in [-0.2, 0) is 23.4 Å². The van der Waals surface area contributed by atoms with E-state index in [0.717, 1.165) is 64.1 Å². The zero-order valence-electron chi connectivity index (χ0n) is 28.3. The molecule has 1 saturated carbocycles. The van der Waals surface area contributed by atoms with E-state index in [1.165, 1.54) is 15.6 Å². The van der Waals surface area contributed by atoms with Crippen LogP contribution in [0.5, 0.6) is 0 Å². The Morgan fingerprint density at radius 1 is 0.846 bits per heavy atom. The van der Waals surface area contributed by atoms with E-state index in [9.17, 15) is 14.4 Å². The lowest BCUT2D eigenvalue weighted by Gasteiger charge is -2.43. The number of imidazole rings is 1. The predicted octanol–water partition coefficient (Wildman–Crippen LogP) is 5.71. The maximum absolute atomic E-state index is 13.2. The second kappa shape index (κ2) is 12.4. The van der Waals surface area contributed by atoms with Crippen molar-refractivity contribution in [3.05, 3.63) is 126 Å². The van der Waals surface area contributed by atoms with E-state index in [1.807, 2.05) is 72.8 Å². The van der Waals surface area contributed by atoms with Gasteiger partial charge in [-0.25, -0.2) is 29.8 Å². The van der Waals surface area contributed by atoms with Gasteiger partial charge < -0.3 is 11.1 Å². The second-order valence-corrected chi connectivity index (χ2v) is 13.5. The quantitative estimate of drug-likeness (QED) is 0.184. The molecule has 3 aromatic heterocycles. The third-order valence-electron chi connectivity index (χ3n) is 10.4. The summed E-state index contributed by atoms with van der Waals surface area (Å²) in [6.07, 6.45) is 4.95. The van der Waals surface area contributed by atoms with Crippen LogP contribution in [0.2, 0.25) is 0 Å². The highest BCUT2D eigenvalue weighted by Gasteiger charge is 2.39. The number of imide groups is 1. The Morgan fingerprint density at radius 3 is 2.42 bits per heavy atom. The summed E-state index contributed by atoms with van der Waals surface area (Å²) in [6.45, 7) is 1.08. The smallest absolute Gasteiger partial charge is 0.342 e. The maximum atomic E-state index is 13.2. The molecule has 0 atom stereocenters. The Hall–Kier alpha value is -6.40. The van der Waals surface area contributed by atoms with Crippen molar-refractivity contribution < 1.29 is 14.4 Å². The van der Waals surface area contributed by atoms with Crippen molar-refractivity contribution in [1.82, 2.24) is 40.2 Å². The van der Waals surface area contributed by atoms with E-state index in [-0.39, 0.29) is 36.9 Å². The number of pyridine rings is 2. The number of urea groups is 1. The van der Waals surface area contributed by atoms with Crippen LogP contribution < -0.4 is 16.4 Å². The molecule has 1 saturated heterocycles. The van der Waals surface area contributed by atoms with Gasteiger partial charge in [-0.3, -0.25) is 19.5 Å². The molecule has 4 amide bonds. The molecule has 0 spiro atoms. The predicted molar refractivity (Wildman–Crippen MR) is 195 cm³/mol. The van der Waals surface area contributed by atoms with Gasteiger partial charge in [0.25, 0.3) is 5.91 Å². The van der Waals surface area contributed by atoms with Crippen molar-refractivity contribution in [2.75, 3.05) is 12.3 Å². The van der Waals surface area contributed by atoms with Crippen LogP contribution in [0.3, 0.4) is 0 Å². The van der Waals surface area contributed by atoms with Crippen LogP contribution in [0.1, 0.15) is 52.7 Å². The Bertz CT molecular complexity index is 2390. The number of nitrogens with zero attached hydrogens (tertiary/aromatic N) is 6. The molecule has 6 aromatic rings. The number of nitrogen functional groups attached to an aromatic ring is 1. The molecule has 0 radical (unpaired) electrons. The van der Waals surface area contributed by atoms with Crippen LogP contribution in [0.4, 0.5) is 10.6 Å². The van der Waals surface area contributed by atoms with Crippen molar-refractivity contribution >= 4 is 34.8 Å². The highest BCUT2D eigenvalue weighted by Crippen LogP contribution is 2.42. The number of nitrogens with two attached hydrogens (primary N) is 1. The molecule has 4 N–H and O–H groups in total. The number of fused-ring (bicyclic) bond motifs is 2. The van der Waals surface area contributed by atoms with Crippen molar-refractivity contribution in [2.45, 2.75) is 44.3 Å². The summed E-state index contributed by atoms with van der Waals surface area (Å²) in [5, 5.41) is 8.89. The number of aromatic nitrogens is 4. The largest absolute Gasteiger partial charge is 0.383 e. The van der Waals surface area contributed by atoms with Crippen LogP contribution in [0, 0.1) is 0 Å². The number of hydrazine groups is 1. The topological polar surface area (TPSA) is 151 Å². The fourth-order valence-electron chi connectivity index (χ4n) is 7.51. The monoisotopic (exact) mass is 689 g/mol. The van der Waals surface area contributed by atoms with Gasteiger partial charge in [0.1, 0.15) is 11.3 Å². The zero-order chi connectivity index (χ0) is 35.4. The first-order valence-corrected chi connectivity index (χ1v) is 17.4. The number of nitrogens with one attached hydrogen (secondary N) is 2. The molecule has 12 heteroatoms. The Balaban J connectivity index is 0.992. The number of benzene rings is 3. The Morgan fingerprint density at radius 2 is 1.67 bits per heavy atom. The summed E-state index contributed by atoms with van der Waals surface area (Å²) in [4.78, 5) is 51.6. The molecule has 9 rings (SSSR count). The molecule has 3 aromatic carbocycles. The van der Waals surface area contributed by atoms with Gasteiger partial charge in [0.15, 0.2) is 11.5 Å². The van der Waals surface area contributed by atoms with Gasteiger partial charge in [-0.1, -0.05) is 54.6 Å². The molecule has 1 aliphatic carbocycles. The average Bonchev–Trinajstić information content (AvgIpc) is 3.68. The first-order valence-electron chi connectivity index (χ1n) is 17.4. The third kappa shape index (κ3) is 5.35. The molecule has 3 aliphatic rings. The molecule has 12 nitrogen and oxygen atoms in total. The Kier molecular flexibility index (Phi) is 7.54. The number of hydrogen-bond acceptors (Lipinski definition) is 8. The van der Waals surface area contributed by atoms with Crippen LogP contribution in [0.25, 0.3) is 39.5 Å². The molecule has 5 heterocycles. The third-order valence-corrected chi connectivity index (χ3v) is 10.4. The molecule has 258 valence electrons. The second-order valence-electron chi connectivity index (χ2n) is 13.5. The van der Waals surface area contributed by atoms with Gasteiger partial charge in [0.05, 0.1) is 24.3 Å². The normalized spacial score (nSPS) is 16.6. The number of carbonyl (C=O) groups is 3. The minimum absolute atomic E-state index is 0.162. The highest BCUT2D eigenvalue weighted by molar-refractivity contribution is 6.02. The molecular weight excluding hydrogens is 655 g/mol.